The van der Waals surface area contributed by atoms with Crippen LogP contribution in [0.3, 0.4) is 0 Å². The Bertz CT molecular complexity index is 931. The highest BCUT2D eigenvalue weighted by atomic mass is 16.5. The summed E-state index contributed by atoms with van der Waals surface area (Å²) in [5.74, 6) is 2.06. The van der Waals surface area contributed by atoms with Crippen molar-refractivity contribution in [3.63, 3.8) is 0 Å². The quantitative estimate of drug-likeness (QED) is 0.661. The van der Waals surface area contributed by atoms with Crippen molar-refractivity contribution in [1.29, 1.82) is 0 Å². The SMILES string of the molecule is COc1ccccc1Oc1ccc(NC(=O)C2(c3ccccc3)CC2)cc1. The minimum atomic E-state index is -0.381. The molecule has 1 aliphatic rings. The predicted octanol–water partition coefficient (Wildman–Crippen LogP) is 5.16. The molecule has 0 atom stereocenters. The van der Waals surface area contributed by atoms with E-state index in [1.165, 1.54) is 0 Å². The average molecular weight is 359 g/mol. The standard InChI is InChI=1S/C23H21NO3/c1-26-20-9-5-6-10-21(20)27-19-13-11-18(12-14-19)24-22(25)23(15-16-23)17-7-3-2-4-8-17/h2-14H,15-16H2,1H3,(H,24,25). The maximum atomic E-state index is 12.8. The van der Waals surface area contributed by atoms with Crippen molar-refractivity contribution in [1.82, 2.24) is 0 Å². The highest BCUT2D eigenvalue weighted by Crippen LogP contribution is 2.49. The lowest BCUT2D eigenvalue weighted by atomic mass is 9.95. The van der Waals surface area contributed by atoms with Crippen LogP contribution in [0, 0.1) is 0 Å². The Morgan fingerprint density at radius 3 is 2.11 bits per heavy atom. The van der Waals surface area contributed by atoms with Crippen LogP contribution >= 0.6 is 0 Å². The summed E-state index contributed by atoms with van der Waals surface area (Å²) in [5.41, 5.74) is 1.46. The molecule has 0 aromatic heterocycles. The van der Waals surface area contributed by atoms with Crippen molar-refractivity contribution in [3.05, 3.63) is 84.4 Å². The van der Waals surface area contributed by atoms with Crippen LogP contribution in [-0.4, -0.2) is 13.0 Å². The molecule has 1 fully saturated rings. The van der Waals surface area contributed by atoms with Crippen LogP contribution in [0.5, 0.6) is 17.2 Å². The van der Waals surface area contributed by atoms with E-state index < -0.39 is 0 Å². The summed E-state index contributed by atoms with van der Waals surface area (Å²) in [5, 5.41) is 3.04. The number of methoxy groups -OCH3 is 1. The summed E-state index contributed by atoms with van der Waals surface area (Å²) in [6, 6.07) is 24.8. The number of carbonyl (C=O) groups is 1. The highest BCUT2D eigenvalue weighted by Gasteiger charge is 2.51. The fourth-order valence-electron chi connectivity index (χ4n) is 3.22. The van der Waals surface area contributed by atoms with Gasteiger partial charge in [-0.15, -0.1) is 0 Å². The van der Waals surface area contributed by atoms with Crippen LogP contribution in [0.25, 0.3) is 0 Å². The lowest BCUT2D eigenvalue weighted by molar-refractivity contribution is -0.118. The van der Waals surface area contributed by atoms with Gasteiger partial charge in [0.2, 0.25) is 5.91 Å². The molecule has 1 saturated carbocycles. The molecular formula is C23H21NO3. The molecule has 0 bridgehead atoms. The number of ether oxygens (including phenoxy) is 2. The van der Waals surface area contributed by atoms with Crippen LogP contribution in [0.2, 0.25) is 0 Å². The summed E-state index contributed by atoms with van der Waals surface area (Å²) in [6.45, 7) is 0. The van der Waals surface area contributed by atoms with Gasteiger partial charge in [-0.1, -0.05) is 42.5 Å². The molecule has 3 aromatic rings. The third kappa shape index (κ3) is 3.51. The average Bonchev–Trinajstić information content (AvgIpc) is 3.53. The smallest absolute Gasteiger partial charge is 0.235 e. The van der Waals surface area contributed by atoms with Crippen molar-refractivity contribution in [2.45, 2.75) is 18.3 Å². The van der Waals surface area contributed by atoms with Crippen LogP contribution in [0.1, 0.15) is 18.4 Å². The van der Waals surface area contributed by atoms with Crippen molar-refractivity contribution < 1.29 is 14.3 Å². The van der Waals surface area contributed by atoms with Crippen molar-refractivity contribution in [2.75, 3.05) is 12.4 Å². The van der Waals surface area contributed by atoms with Gasteiger partial charge in [-0.2, -0.15) is 0 Å². The zero-order chi connectivity index (χ0) is 18.7. The highest BCUT2D eigenvalue weighted by molar-refractivity contribution is 6.01. The molecule has 4 heteroatoms. The molecule has 0 saturated heterocycles. The van der Waals surface area contributed by atoms with Crippen LogP contribution in [0.4, 0.5) is 5.69 Å². The molecule has 4 rings (SSSR count). The molecule has 1 aliphatic carbocycles. The first-order valence-electron chi connectivity index (χ1n) is 8.99. The van der Waals surface area contributed by atoms with E-state index in [2.05, 4.69) is 5.32 Å². The lowest BCUT2D eigenvalue weighted by Gasteiger charge is -2.16. The number of hydrogen-bond acceptors (Lipinski definition) is 3. The van der Waals surface area contributed by atoms with Crippen LogP contribution in [-0.2, 0) is 10.2 Å². The number of rotatable bonds is 6. The van der Waals surface area contributed by atoms with Gasteiger partial charge in [0.05, 0.1) is 12.5 Å². The Morgan fingerprint density at radius 1 is 0.852 bits per heavy atom. The Balaban J connectivity index is 1.45. The van der Waals surface area contributed by atoms with Crippen molar-refractivity contribution in [3.8, 4) is 17.2 Å². The third-order valence-electron chi connectivity index (χ3n) is 4.92. The summed E-state index contributed by atoms with van der Waals surface area (Å²) in [6.07, 6.45) is 1.77. The zero-order valence-corrected chi connectivity index (χ0v) is 15.1. The molecule has 3 aromatic carbocycles. The third-order valence-corrected chi connectivity index (χ3v) is 4.92. The number of benzene rings is 3. The minimum absolute atomic E-state index is 0.0482. The molecule has 27 heavy (non-hydrogen) atoms. The van der Waals surface area contributed by atoms with E-state index in [9.17, 15) is 4.79 Å². The van der Waals surface area contributed by atoms with E-state index in [1.807, 2.05) is 78.9 Å². The molecule has 0 radical (unpaired) electrons. The number of nitrogens with one attached hydrogen (secondary N) is 1. The van der Waals surface area contributed by atoms with E-state index in [0.717, 1.165) is 24.1 Å². The fourth-order valence-corrected chi connectivity index (χ4v) is 3.22. The Hall–Kier alpha value is -3.27. The second kappa shape index (κ2) is 7.16. The molecule has 0 aliphatic heterocycles. The van der Waals surface area contributed by atoms with Crippen molar-refractivity contribution in [2.24, 2.45) is 0 Å². The number of hydrogen-bond donors (Lipinski definition) is 1. The molecule has 1 N–H and O–H groups in total. The molecule has 0 heterocycles. The second-order valence-corrected chi connectivity index (χ2v) is 6.68. The summed E-state index contributed by atoms with van der Waals surface area (Å²) >= 11 is 0. The van der Waals surface area contributed by atoms with Crippen LogP contribution < -0.4 is 14.8 Å². The van der Waals surface area contributed by atoms with Gasteiger partial charge in [0, 0.05) is 5.69 Å². The first kappa shape index (κ1) is 17.2. The van der Waals surface area contributed by atoms with Gasteiger partial charge < -0.3 is 14.8 Å². The molecular weight excluding hydrogens is 338 g/mol. The predicted molar refractivity (Wildman–Crippen MR) is 105 cm³/mol. The normalized spacial score (nSPS) is 14.3. The Labute approximate surface area is 158 Å². The van der Waals surface area contributed by atoms with E-state index in [1.54, 1.807) is 7.11 Å². The molecule has 136 valence electrons. The number of carbonyl (C=O) groups excluding carboxylic acids is 1. The topological polar surface area (TPSA) is 47.6 Å². The maximum absolute atomic E-state index is 12.8. The lowest BCUT2D eigenvalue weighted by Crippen LogP contribution is -2.27. The molecule has 1 amide bonds. The zero-order valence-electron chi connectivity index (χ0n) is 15.1. The summed E-state index contributed by atoms with van der Waals surface area (Å²) in [7, 11) is 1.61. The van der Waals surface area contributed by atoms with E-state index >= 15 is 0 Å². The minimum Gasteiger partial charge on any atom is -0.493 e. The van der Waals surface area contributed by atoms with Gasteiger partial charge in [-0.3, -0.25) is 4.79 Å². The molecule has 4 nitrogen and oxygen atoms in total. The van der Waals surface area contributed by atoms with E-state index in [0.29, 0.717) is 17.2 Å². The molecule has 0 unspecified atom stereocenters. The number of para-hydroxylation sites is 2. The van der Waals surface area contributed by atoms with Gasteiger partial charge in [0.1, 0.15) is 5.75 Å². The number of amides is 1. The van der Waals surface area contributed by atoms with E-state index in [4.69, 9.17) is 9.47 Å². The summed E-state index contributed by atoms with van der Waals surface area (Å²) in [4.78, 5) is 12.8. The summed E-state index contributed by atoms with van der Waals surface area (Å²) < 4.78 is 11.2. The Morgan fingerprint density at radius 2 is 1.48 bits per heavy atom. The largest absolute Gasteiger partial charge is 0.493 e. The van der Waals surface area contributed by atoms with Gasteiger partial charge in [-0.25, -0.2) is 0 Å². The van der Waals surface area contributed by atoms with Crippen LogP contribution in [0.15, 0.2) is 78.9 Å². The van der Waals surface area contributed by atoms with Crippen molar-refractivity contribution >= 4 is 11.6 Å². The van der Waals surface area contributed by atoms with Gasteiger partial charge in [0.25, 0.3) is 0 Å². The first-order chi connectivity index (χ1) is 13.2. The van der Waals surface area contributed by atoms with Gasteiger partial charge in [0.15, 0.2) is 11.5 Å². The monoisotopic (exact) mass is 359 g/mol. The molecule has 0 spiro atoms. The van der Waals surface area contributed by atoms with Gasteiger partial charge >= 0.3 is 0 Å². The second-order valence-electron chi connectivity index (χ2n) is 6.68. The van der Waals surface area contributed by atoms with Gasteiger partial charge in [-0.05, 0) is 54.8 Å². The number of anilines is 1. The first-order valence-corrected chi connectivity index (χ1v) is 8.99. The maximum Gasteiger partial charge on any atom is 0.235 e. The fraction of sp³-hybridized carbons (Fsp3) is 0.174. The Kier molecular flexibility index (Phi) is 4.55. The van der Waals surface area contributed by atoms with E-state index in [-0.39, 0.29) is 11.3 Å².